The van der Waals surface area contributed by atoms with Gasteiger partial charge in [0.15, 0.2) is 10.9 Å². The lowest BCUT2D eigenvalue weighted by atomic mass is 10.2. The Bertz CT molecular complexity index is 1090. The predicted octanol–water partition coefficient (Wildman–Crippen LogP) is 5.98. The number of carbonyl (C=O) groups excluding carboxylic acids is 1. The van der Waals surface area contributed by atoms with Crippen LogP contribution in [0.4, 0.5) is 11.4 Å². The fourth-order valence-electron chi connectivity index (χ4n) is 3.40. The van der Waals surface area contributed by atoms with E-state index in [1.54, 1.807) is 30.3 Å². The molecule has 30 heavy (non-hydrogen) atoms. The summed E-state index contributed by atoms with van der Waals surface area (Å²) in [5.41, 5.74) is 2.66. The van der Waals surface area contributed by atoms with Gasteiger partial charge in [-0.2, -0.15) is 0 Å². The van der Waals surface area contributed by atoms with E-state index < -0.39 is 5.91 Å². The number of nitrogens with one attached hydrogen (secondary N) is 2. The maximum atomic E-state index is 12.6. The van der Waals surface area contributed by atoms with Crippen LogP contribution in [0.15, 0.2) is 59.0 Å². The van der Waals surface area contributed by atoms with E-state index in [9.17, 15) is 4.79 Å². The summed E-state index contributed by atoms with van der Waals surface area (Å²) in [5.74, 6) is 0.225. The number of thiocarbonyl (C=S) groups is 1. The normalized spacial score (nSPS) is 13.3. The Balaban J connectivity index is 1.43. The average Bonchev–Trinajstić information content (AvgIpc) is 3.42. The lowest BCUT2D eigenvalue weighted by Crippen LogP contribution is -2.34. The molecule has 0 bridgehead atoms. The summed E-state index contributed by atoms with van der Waals surface area (Å²) in [4.78, 5) is 14.9. The van der Waals surface area contributed by atoms with Gasteiger partial charge < -0.3 is 14.6 Å². The molecule has 1 aliphatic rings. The second-order valence-electron chi connectivity index (χ2n) is 6.91. The van der Waals surface area contributed by atoms with E-state index in [1.807, 2.05) is 24.3 Å². The third kappa shape index (κ3) is 4.61. The standard InChI is InChI=1S/C22H19Cl2N3O2S/c23-15-8-7-14(13-16(15)24)19-9-10-20(29-19)21(28)26-22(30)25-17-5-1-2-6-18(17)27-11-3-4-12-27/h1-2,5-10,13H,3-4,11-12H2,(H2,25,26,28,30). The maximum Gasteiger partial charge on any atom is 0.293 e. The second kappa shape index (κ2) is 9.08. The molecule has 0 spiro atoms. The van der Waals surface area contributed by atoms with Gasteiger partial charge in [0.2, 0.25) is 0 Å². The number of hydrogen-bond donors (Lipinski definition) is 2. The summed E-state index contributed by atoms with van der Waals surface area (Å²) in [6.45, 7) is 2.03. The van der Waals surface area contributed by atoms with E-state index in [0.717, 1.165) is 30.0 Å². The molecule has 0 atom stereocenters. The number of nitrogens with zero attached hydrogens (tertiary/aromatic N) is 1. The molecule has 1 aliphatic heterocycles. The summed E-state index contributed by atoms with van der Waals surface area (Å²) in [6, 6.07) is 16.4. The Kier molecular flexibility index (Phi) is 6.27. The number of rotatable bonds is 4. The number of furan rings is 1. The molecule has 0 unspecified atom stereocenters. The number of halogens is 2. The lowest BCUT2D eigenvalue weighted by molar-refractivity contribution is 0.0951. The van der Waals surface area contributed by atoms with Crippen molar-refractivity contribution in [2.45, 2.75) is 12.8 Å². The van der Waals surface area contributed by atoms with Crippen LogP contribution in [0.25, 0.3) is 11.3 Å². The van der Waals surface area contributed by atoms with Crippen LogP contribution in [-0.4, -0.2) is 24.1 Å². The van der Waals surface area contributed by atoms with Crippen LogP contribution in [-0.2, 0) is 0 Å². The van der Waals surface area contributed by atoms with Crippen molar-refractivity contribution in [3.63, 3.8) is 0 Å². The van der Waals surface area contributed by atoms with Crippen molar-refractivity contribution < 1.29 is 9.21 Å². The minimum Gasteiger partial charge on any atom is -0.451 e. The molecule has 154 valence electrons. The predicted molar refractivity (Wildman–Crippen MR) is 126 cm³/mol. The van der Waals surface area contributed by atoms with Gasteiger partial charge in [-0.05, 0) is 67.5 Å². The van der Waals surface area contributed by atoms with Gasteiger partial charge in [0, 0.05) is 18.7 Å². The highest BCUT2D eigenvalue weighted by Crippen LogP contribution is 2.30. The zero-order valence-corrected chi connectivity index (χ0v) is 18.3. The fraction of sp³-hybridized carbons (Fsp3) is 0.182. The molecule has 0 radical (unpaired) electrons. The van der Waals surface area contributed by atoms with Crippen LogP contribution in [0.3, 0.4) is 0 Å². The Morgan fingerprint density at radius 1 is 1.00 bits per heavy atom. The minimum atomic E-state index is -0.433. The molecule has 0 saturated carbocycles. The molecule has 2 heterocycles. The molecule has 5 nitrogen and oxygen atoms in total. The molecular weight excluding hydrogens is 441 g/mol. The smallest absolute Gasteiger partial charge is 0.293 e. The first kappa shape index (κ1) is 20.7. The molecule has 3 aromatic rings. The summed E-state index contributed by atoms with van der Waals surface area (Å²) in [7, 11) is 0. The van der Waals surface area contributed by atoms with Crippen LogP contribution >= 0.6 is 35.4 Å². The molecular formula is C22H19Cl2N3O2S. The third-order valence-electron chi connectivity index (χ3n) is 4.86. The number of amides is 1. The highest BCUT2D eigenvalue weighted by molar-refractivity contribution is 7.80. The van der Waals surface area contributed by atoms with Crippen LogP contribution in [0.5, 0.6) is 0 Å². The zero-order valence-electron chi connectivity index (χ0n) is 16.0. The van der Waals surface area contributed by atoms with Gasteiger partial charge in [0.05, 0.1) is 21.4 Å². The van der Waals surface area contributed by atoms with Crippen molar-refractivity contribution in [2.75, 3.05) is 23.3 Å². The lowest BCUT2D eigenvalue weighted by Gasteiger charge is -2.22. The van der Waals surface area contributed by atoms with Crippen LogP contribution in [0.1, 0.15) is 23.4 Å². The van der Waals surface area contributed by atoms with Crippen molar-refractivity contribution in [2.24, 2.45) is 0 Å². The molecule has 1 amide bonds. The van der Waals surface area contributed by atoms with Gasteiger partial charge in [0.1, 0.15) is 5.76 Å². The molecule has 2 aromatic carbocycles. The number of hydrogen-bond acceptors (Lipinski definition) is 4. The number of anilines is 2. The van der Waals surface area contributed by atoms with Gasteiger partial charge in [-0.1, -0.05) is 35.3 Å². The number of carbonyl (C=O) groups is 1. The summed E-state index contributed by atoms with van der Waals surface area (Å²) in [5, 5.41) is 6.87. The monoisotopic (exact) mass is 459 g/mol. The topological polar surface area (TPSA) is 57.5 Å². The van der Waals surface area contributed by atoms with E-state index in [2.05, 4.69) is 15.5 Å². The molecule has 1 saturated heterocycles. The van der Waals surface area contributed by atoms with Gasteiger partial charge >= 0.3 is 0 Å². The van der Waals surface area contributed by atoms with Gasteiger partial charge in [0.25, 0.3) is 5.91 Å². The van der Waals surface area contributed by atoms with E-state index in [4.69, 9.17) is 39.8 Å². The molecule has 8 heteroatoms. The van der Waals surface area contributed by atoms with E-state index >= 15 is 0 Å². The van der Waals surface area contributed by atoms with E-state index in [0.29, 0.717) is 15.8 Å². The van der Waals surface area contributed by atoms with Crippen LogP contribution in [0, 0.1) is 0 Å². The Morgan fingerprint density at radius 2 is 1.77 bits per heavy atom. The van der Waals surface area contributed by atoms with Gasteiger partial charge in [-0.25, -0.2) is 0 Å². The van der Waals surface area contributed by atoms with Crippen molar-refractivity contribution in [1.29, 1.82) is 0 Å². The minimum absolute atomic E-state index is 0.146. The SMILES string of the molecule is O=C(NC(=S)Nc1ccccc1N1CCCC1)c1ccc(-c2ccc(Cl)c(Cl)c2)o1. The van der Waals surface area contributed by atoms with Crippen molar-refractivity contribution in [1.82, 2.24) is 5.32 Å². The van der Waals surface area contributed by atoms with Crippen LogP contribution in [0.2, 0.25) is 10.0 Å². The third-order valence-corrected chi connectivity index (χ3v) is 5.80. The molecule has 4 rings (SSSR count). The highest BCUT2D eigenvalue weighted by atomic mass is 35.5. The molecule has 2 N–H and O–H groups in total. The zero-order chi connectivity index (χ0) is 21.1. The summed E-state index contributed by atoms with van der Waals surface area (Å²) < 4.78 is 5.67. The Labute approximate surface area is 190 Å². The largest absolute Gasteiger partial charge is 0.451 e. The van der Waals surface area contributed by atoms with Crippen molar-refractivity contribution >= 4 is 57.8 Å². The molecule has 0 aliphatic carbocycles. The highest BCUT2D eigenvalue weighted by Gasteiger charge is 2.18. The van der Waals surface area contributed by atoms with Crippen molar-refractivity contribution in [3.05, 3.63) is 70.4 Å². The first-order valence-corrected chi connectivity index (χ1v) is 10.7. The fourth-order valence-corrected chi connectivity index (χ4v) is 3.90. The maximum absolute atomic E-state index is 12.6. The summed E-state index contributed by atoms with van der Waals surface area (Å²) in [6.07, 6.45) is 2.35. The average molecular weight is 460 g/mol. The second-order valence-corrected chi connectivity index (χ2v) is 8.13. The molecule has 1 fully saturated rings. The van der Waals surface area contributed by atoms with Gasteiger partial charge in [-0.3, -0.25) is 10.1 Å². The molecule has 1 aromatic heterocycles. The summed E-state index contributed by atoms with van der Waals surface area (Å²) >= 11 is 17.3. The van der Waals surface area contributed by atoms with E-state index in [1.165, 1.54) is 12.8 Å². The van der Waals surface area contributed by atoms with E-state index in [-0.39, 0.29) is 10.9 Å². The first-order valence-electron chi connectivity index (χ1n) is 9.53. The van der Waals surface area contributed by atoms with Gasteiger partial charge in [-0.15, -0.1) is 0 Å². The van der Waals surface area contributed by atoms with Crippen molar-refractivity contribution in [3.8, 4) is 11.3 Å². The Morgan fingerprint density at radius 3 is 2.53 bits per heavy atom. The number of benzene rings is 2. The number of para-hydroxylation sites is 2. The first-order chi connectivity index (χ1) is 14.5. The van der Waals surface area contributed by atoms with Crippen LogP contribution < -0.4 is 15.5 Å². The Hall–Kier alpha value is -2.54. The quantitative estimate of drug-likeness (QED) is 0.469.